The molecule has 0 radical (unpaired) electrons. The van der Waals surface area contributed by atoms with Crippen molar-refractivity contribution in [2.24, 2.45) is 0 Å². The molecule has 0 aromatic heterocycles. The van der Waals surface area contributed by atoms with Crippen LogP contribution in [0.2, 0.25) is 0 Å². The first-order chi connectivity index (χ1) is 17.5. The van der Waals surface area contributed by atoms with Crippen LogP contribution in [-0.2, 0) is 13.7 Å². The average molecular weight is 869 g/mol. The van der Waals surface area contributed by atoms with Gasteiger partial charge in [0, 0.05) is 30.5 Å². The van der Waals surface area contributed by atoms with Crippen LogP contribution < -0.4 is 16.4 Å². The van der Waals surface area contributed by atoms with Gasteiger partial charge in [-0.25, -0.2) is 0 Å². The van der Waals surface area contributed by atoms with Crippen molar-refractivity contribution in [3.63, 3.8) is 0 Å². The molecule has 3 aromatic rings. The lowest BCUT2D eigenvalue weighted by Crippen LogP contribution is -2.62. The molecule has 3 unspecified atom stereocenters. The Morgan fingerprint density at radius 1 is 0.472 bits per heavy atom. The van der Waals surface area contributed by atoms with E-state index in [4.69, 9.17) is 13.7 Å². The second kappa shape index (κ2) is 14.3. The van der Waals surface area contributed by atoms with Gasteiger partial charge >= 0.3 is 21.4 Å². The molecule has 1 fully saturated rings. The first-order valence-electron chi connectivity index (χ1n) is 11.3. The minimum absolute atomic E-state index is 0.112. The number of hydrogen-bond acceptors (Lipinski definition) is 3. The van der Waals surface area contributed by atoms with Crippen molar-refractivity contribution < 1.29 is 13.7 Å². The third kappa shape index (κ3) is 6.84. The summed E-state index contributed by atoms with van der Waals surface area (Å²) in [7, 11) is -1.87. The van der Waals surface area contributed by atoms with Crippen LogP contribution in [0, 0.1) is 0 Å². The lowest BCUT2D eigenvalue weighted by Gasteiger charge is -2.34. The number of rotatable bonds is 9. The fourth-order valence-electron chi connectivity index (χ4n) is 4.15. The van der Waals surface area contributed by atoms with Crippen molar-refractivity contribution in [3.8, 4) is 0 Å². The zero-order valence-electron chi connectivity index (χ0n) is 19.0. The number of alkyl halides is 6. The van der Waals surface area contributed by atoms with E-state index < -0.39 is 21.4 Å². The van der Waals surface area contributed by atoms with Gasteiger partial charge in [-0.3, -0.25) is 0 Å². The highest BCUT2D eigenvalue weighted by Gasteiger charge is 2.46. The van der Waals surface area contributed by atoms with Crippen molar-refractivity contribution in [1.29, 1.82) is 0 Å². The van der Waals surface area contributed by atoms with Gasteiger partial charge in [0.1, 0.15) is 0 Å². The number of halogens is 6. The lowest BCUT2D eigenvalue weighted by atomic mass is 9.59. The van der Waals surface area contributed by atoms with E-state index >= 15 is 0 Å². The van der Waals surface area contributed by atoms with E-state index in [0.29, 0.717) is 0 Å². The van der Waals surface area contributed by atoms with Gasteiger partial charge in [0.15, 0.2) is 0 Å². The smallest absolute Gasteiger partial charge is 0.445 e. The molecule has 12 heteroatoms. The van der Waals surface area contributed by atoms with E-state index in [1.807, 2.05) is 36.4 Å². The predicted molar refractivity (Wildman–Crippen MR) is 175 cm³/mol. The van der Waals surface area contributed by atoms with Crippen LogP contribution >= 0.6 is 95.6 Å². The highest BCUT2D eigenvalue weighted by Crippen LogP contribution is 2.28. The van der Waals surface area contributed by atoms with Gasteiger partial charge in [0.05, 0.1) is 0 Å². The Kier molecular flexibility index (Phi) is 11.8. The molecule has 0 amide bonds. The van der Waals surface area contributed by atoms with E-state index in [1.165, 1.54) is 0 Å². The van der Waals surface area contributed by atoms with Crippen LogP contribution in [0.25, 0.3) is 0 Å². The topological polar surface area (TPSA) is 27.7 Å². The molecule has 186 valence electrons. The first kappa shape index (κ1) is 29.6. The summed E-state index contributed by atoms with van der Waals surface area (Å²) in [6, 6.07) is 24.6. The van der Waals surface area contributed by atoms with Crippen molar-refractivity contribution in [2.75, 3.05) is 16.0 Å². The standard InChI is InChI=1S/C24H21B3Br6O3/c28-13-22(31)16-7-1-4-10-19(16)25-34-26(20-11-5-2-8-17(20)23(32)14-29)36-27(35-25)21-12-6-3-9-18(21)24(33)15-30/h1-12,22-24H,13-15H2. The molecule has 0 bridgehead atoms. The van der Waals surface area contributed by atoms with Crippen molar-refractivity contribution >= 4 is 133 Å². The molecule has 0 spiro atoms. The van der Waals surface area contributed by atoms with Crippen LogP contribution in [0.3, 0.4) is 0 Å². The van der Waals surface area contributed by atoms with Gasteiger partial charge < -0.3 is 13.7 Å². The van der Waals surface area contributed by atoms with E-state index in [9.17, 15) is 0 Å². The summed E-state index contributed by atoms with van der Waals surface area (Å²) in [5.74, 6) is 0. The third-order valence-corrected chi connectivity index (χ3v) is 12.9. The average Bonchev–Trinajstić information content (AvgIpc) is 2.95. The summed E-state index contributed by atoms with van der Waals surface area (Å²) >= 11 is 22.2. The molecule has 36 heavy (non-hydrogen) atoms. The van der Waals surface area contributed by atoms with Crippen molar-refractivity contribution in [2.45, 2.75) is 14.5 Å². The van der Waals surface area contributed by atoms with E-state index in [-0.39, 0.29) is 14.5 Å². The van der Waals surface area contributed by atoms with Crippen LogP contribution in [0.5, 0.6) is 0 Å². The largest absolute Gasteiger partial charge is 0.467 e. The normalized spacial score (nSPS) is 16.7. The molecular weight excluding hydrogens is 848 g/mol. The Morgan fingerprint density at radius 2 is 0.722 bits per heavy atom. The second-order valence-corrected chi connectivity index (χ2v) is 13.4. The van der Waals surface area contributed by atoms with Crippen molar-refractivity contribution in [3.05, 3.63) is 89.5 Å². The summed E-state index contributed by atoms with van der Waals surface area (Å²) in [6.07, 6.45) is 0. The van der Waals surface area contributed by atoms with Gasteiger partial charge in [-0.1, -0.05) is 168 Å². The second-order valence-electron chi connectivity index (χ2n) is 8.16. The molecule has 0 aliphatic carbocycles. The summed E-state index contributed by atoms with van der Waals surface area (Å²) in [5, 5.41) is 2.29. The molecule has 4 rings (SSSR count). The maximum absolute atomic E-state index is 6.57. The summed E-state index contributed by atoms with van der Waals surface area (Å²) < 4.78 is 19.7. The van der Waals surface area contributed by atoms with Crippen LogP contribution in [-0.4, -0.2) is 37.3 Å². The maximum atomic E-state index is 6.57. The van der Waals surface area contributed by atoms with Gasteiger partial charge in [-0.15, -0.1) is 0 Å². The minimum Gasteiger partial charge on any atom is -0.445 e. The van der Waals surface area contributed by atoms with Gasteiger partial charge in [0.2, 0.25) is 0 Å². The van der Waals surface area contributed by atoms with E-state index in [0.717, 1.165) is 49.1 Å². The zero-order chi connectivity index (χ0) is 25.7. The number of hydrogen-bond donors (Lipinski definition) is 0. The van der Waals surface area contributed by atoms with Crippen molar-refractivity contribution in [1.82, 2.24) is 0 Å². The van der Waals surface area contributed by atoms with Crippen LogP contribution in [0.1, 0.15) is 31.2 Å². The Hall–Kier alpha value is 0.615. The number of benzene rings is 3. The summed E-state index contributed by atoms with van der Waals surface area (Å²) in [5.41, 5.74) is 6.24. The van der Waals surface area contributed by atoms with Crippen LogP contribution in [0.4, 0.5) is 0 Å². The summed E-state index contributed by atoms with van der Waals surface area (Å²) in [6.45, 7) is 0. The highest BCUT2D eigenvalue weighted by molar-refractivity contribution is 9.12. The fraction of sp³-hybridized carbons (Fsp3) is 0.250. The van der Waals surface area contributed by atoms with Gasteiger partial charge in [-0.05, 0) is 33.1 Å². The summed E-state index contributed by atoms with van der Waals surface area (Å²) in [4.78, 5) is 0.336. The van der Waals surface area contributed by atoms with E-state index in [1.54, 1.807) is 0 Å². The molecule has 1 saturated heterocycles. The SMILES string of the molecule is BrCC(Br)c1ccccc1B1OB(c2ccccc2C(Br)CBr)OB(c2ccccc2C(Br)CBr)O1. The molecule has 3 nitrogen and oxygen atoms in total. The molecule has 1 heterocycles. The Bertz CT molecular complexity index is 1010. The van der Waals surface area contributed by atoms with Crippen LogP contribution in [0.15, 0.2) is 72.8 Å². The molecule has 1 aliphatic rings. The molecule has 0 saturated carbocycles. The predicted octanol–water partition coefficient (Wildman–Crippen LogP) is 6.73. The molecule has 0 N–H and O–H groups in total. The monoisotopic (exact) mass is 864 g/mol. The Balaban J connectivity index is 1.81. The lowest BCUT2D eigenvalue weighted by molar-refractivity contribution is 0.308. The Labute approximate surface area is 264 Å². The first-order valence-corrected chi connectivity index (χ1v) is 17.4. The third-order valence-electron chi connectivity index (χ3n) is 5.91. The Morgan fingerprint density at radius 3 is 0.972 bits per heavy atom. The molecule has 3 atom stereocenters. The highest BCUT2D eigenvalue weighted by atomic mass is 79.9. The molecular formula is C24H21B3Br6O3. The minimum atomic E-state index is -0.624. The maximum Gasteiger partial charge on any atom is 0.467 e. The molecule has 1 aliphatic heterocycles. The van der Waals surface area contributed by atoms with Gasteiger partial charge in [-0.2, -0.15) is 0 Å². The van der Waals surface area contributed by atoms with Gasteiger partial charge in [0.25, 0.3) is 0 Å². The fourth-order valence-corrected chi connectivity index (χ4v) is 6.45. The quantitative estimate of drug-likeness (QED) is 0.177. The molecule has 3 aromatic carbocycles. The zero-order valence-corrected chi connectivity index (χ0v) is 28.5. The van der Waals surface area contributed by atoms with E-state index in [2.05, 4.69) is 132 Å².